The molecule has 0 spiro atoms. The Morgan fingerprint density at radius 1 is 1.28 bits per heavy atom. The van der Waals surface area contributed by atoms with E-state index < -0.39 is 5.97 Å². The summed E-state index contributed by atoms with van der Waals surface area (Å²) in [6, 6.07) is 0. The maximum atomic E-state index is 12.4. The fourth-order valence-electron chi connectivity index (χ4n) is 3.89. The zero-order valence-electron chi connectivity index (χ0n) is 15.4. The van der Waals surface area contributed by atoms with Crippen LogP contribution in [0.2, 0.25) is 0 Å². The van der Waals surface area contributed by atoms with Crippen LogP contribution in [0.4, 0.5) is 0 Å². The second kappa shape index (κ2) is 9.17. The smallest absolute Gasteiger partial charge is 0.306 e. The molecule has 2 rings (SSSR count). The minimum Gasteiger partial charge on any atom is -0.481 e. The lowest BCUT2D eigenvalue weighted by molar-refractivity contribution is -0.145. The largest absolute Gasteiger partial charge is 0.481 e. The van der Waals surface area contributed by atoms with E-state index in [-0.39, 0.29) is 36.0 Å². The van der Waals surface area contributed by atoms with Crippen molar-refractivity contribution in [3.8, 4) is 0 Å². The molecule has 7 nitrogen and oxygen atoms in total. The normalized spacial score (nSPS) is 26.9. The summed E-state index contributed by atoms with van der Waals surface area (Å²) in [5.74, 6) is -1.50. The Morgan fingerprint density at radius 3 is 2.68 bits per heavy atom. The van der Waals surface area contributed by atoms with Gasteiger partial charge in [-0.25, -0.2) is 0 Å². The maximum Gasteiger partial charge on any atom is 0.306 e. The van der Waals surface area contributed by atoms with Crippen LogP contribution in [-0.4, -0.2) is 73.0 Å². The number of carbonyl (C=O) groups excluding carboxylic acids is 2. The molecule has 1 saturated heterocycles. The van der Waals surface area contributed by atoms with Crippen molar-refractivity contribution in [2.24, 2.45) is 17.8 Å². The quantitative estimate of drug-likeness (QED) is 0.673. The van der Waals surface area contributed by atoms with E-state index in [1.54, 1.807) is 4.90 Å². The van der Waals surface area contributed by atoms with E-state index in [0.29, 0.717) is 26.1 Å². The minimum atomic E-state index is -0.762. The molecular formula is C18H31N3O4. The molecular weight excluding hydrogens is 322 g/mol. The van der Waals surface area contributed by atoms with Gasteiger partial charge in [-0.15, -0.1) is 0 Å². The lowest BCUT2D eigenvalue weighted by Gasteiger charge is -2.29. The van der Waals surface area contributed by atoms with E-state index >= 15 is 0 Å². The highest BCUT2D eigenvalue weighted by Gasteiger charge is 2.35. The third kappa shape index (κ3) is 5.70. The molecule has 1 unspecified atom stereocenters. The summed E-state index contributed by atoms with van der Waals surface area (Å²) >= 11 is 0. The molecule has 2 amide bonds. The summed E-state index contributed by atoms with van der Waals surface area (Å²) < 4.78 is 0. The van der Waals surface area contributed by atoms with Crippen molar-refractivity contribution >= 4 is 17.8 Å². The van der Waals surface area contributed by atoms with Gasteiger partial charge in [0.1, 0.15) is 0 Å². The first-order valence-corrected chi connectivity index (χ1v) is 9.31. The van der Waals surface area contributed by atoms with Gasteiger partial charge in [0.15, 0.2) is 0 Å². The average molecular weight is 353 g/mol. The van der Waals surface area contributed by atoms with Gasteiger partial charge >= 0.3 is 5.97 Å². The van der Waals surface area contributed by atoms with E-state index in [2.05, 4.69) is 10.2 Å². The summed E-state index contributed by atoms with van der Waals surface area (Å²) in [5, 5.41) is 12.2. The lowest BCUT2D eigenvalue weighted by atomic mass is 9.79. The molecule has 0 aromatic carbocycles. The van der Waals surface area contributed by atoms with E-state index in [1.165, 1.54) is 0 Å². The predicted octanol–water partition coefficient (Wildman–Crippen LogP) is 0.794. The van der Waals surface area contributed by atoms with Crippen LogP contribution in [0.25, 0.3) is 0 Å². The number of hydrogen-bond donors (Lipinski definition) is 2. The third-order valence-corrected chi connectivity index (χ3v) is 5.38. The maximum absolute atomic E-state index is 12.4. The molecule has 142 valence electrons. The number of nitrogens with zero attached hydrogens (tertiary/aromatic N) is 2. The van der Waals surface area contributed by atoms with Crippen LogP contribution in [0, 0.1) is 17.8 Å². The number of hydrogen-bond acceptors (Lipinski definition) is 4. The zero-order chi connectivity index (χ0) is 18.4. The molecule has 25 heavy (non-hydrogen) atoms. The number of carboxylic acid groups (broad SMARTS) is 1. The standard InChI is InChI=1S/C18H31N3O4/c1-20(2)8-5-9-21-12-14(10-16(21)22)17(23)19-11-13-6-3-4-7-15(13)18(24)25/h13-15H,3-12H2,1-2H3,(H,19,23)(H,24,25)/t13-,14?,15-/m0/s1. The first-order valence-electron chi connectivity index (χ1n) is 9.31. The topological polar surface area (TPSA) is 89.9 Å². The molecule has 3 atom stereocenters. The lowest BCUT2D eigenvalue weighted by Crippen LogP contribution is -2.40. The molecule has 1 aliphatic heterocycles. The molecule has 2 N–H and O–H groups in total. The van der Waals surface area contributed by atoms with E-state index in [0.717, 1.165) is 32.2 Å². The Hall–Kier alpha value is -1.63. The summed E-state index contributed by atoms with van der Waals surface area (Å²) in [6.45, 7) is 2.48. The summed E-state index contributed by atoms with van der Waals surface area (Å²) in [5.41, 5.74) is 0. The summed E-state index contributed by atoms with van der Waals surface area (Å²) in [6.07, 6.45) is 4.66. The van der Waals surface area contributed by atoms with Crippen molar-refractivity contribution in [2.75, 3.05) is 40.3 Å². The van der Waals surface area contributed by atoms with Crippen LogP contribution in [-0.2, 0) is 14.4 Å². The van der Waals surface area contributed by atoms with E-state index in [1.807, 2.05) is 14.1 Å². The van der Waals surface area contributed by atoms with Gasteiger partial charge in [0, 0.05) is 26.1 Å². The highest BCUT2D eigenvalue weighted by Crippen LogP contribution is 2.30. The molecule has 1 aliphatic carbocycles. The Balaban J connectivity index is 1.77. The van der Waals surface area contributed by atoms with Crippen molar-refractivity contribution in [3.63, 3.8) is 0 Å². The summed E-state index contributed by atoms with van der Waals surface area (Å²) in [4.78, 5) is 39.6. The SMILES string of the molecule is CN(C)CCCN1CC(C(=O)NC[C@@H]2CCCC[C@@H]2C(=O)O)CC1=O. The Bertz CT molecular complexity index is 495. The van der Waals surface area contributed by atoms with E-state index in [4.69, 9.17) is 0 Å². The van der Waals surface area contributed by atoms with E-state index in [9.17, 15) is 19.5 Å². The second-order valence-electron chi connectivity index (χ2n) is 7.63. The van der Waals surface area contributed by atoms with Crippen LogP contribution in [0.3, 0.4) is 0 Å². The highest BCUT2D eigenvalue weighted by atomic mass is 16.4. The third-order valence-electron chi connectivity index (χ3n) is 5.38. The van der Waals surface area contributed by atoms with Gasteiger partial charge in [-0.05, 0) is 45.8 Å². The highest BCUT2D eigenvalue weighted by molar-refractivity contribution is 5.89. The van der Waals surface area contributed by atoms with Crippen LogP contribution < -0.4 is 5.32 Å². The van der Waals surface area contributed by atoms with Crippen LogP contribution >= 0.6 is 0 Å². The fourth-order valence-corrected chi connectivity index (χ4v) is 3.89. The number of aliphatic carboxylic acids is 1. The molecule has 1 heterocycles. The number of likely N-dealkylation sites (tertiary alicyclic amines) is 1. The minimum absolute atomic E-state index is 0.00324. The van der Waals surface area contributed by atoms with Gasteiger partial charge in [-0.3, -0.25) is 14.4 Å². The number of carbonyl (C=O) groups is 3. The number of nitrogens with one attached hydrogen (secondary N) is 1. The molecule has 1 saturated carbocycles. The van der Waals surface area contributed by atoms with Gasteiger partial charge in [0.05, 0.1) is 11.8 Å². The van der Waals surface area contributed by atoms with Gasteiger partial charge in [0.2, 0.25) is 11.8 Å². The molecule has 0 radical (unpaired) electrons. The number of carboxylic acids is 1. The molecule has 2 fully saturated rings. The second-order valence-corrected chi connectivity index (χ2v) is 7.63. The van der Waals surface area contributed by atoms with Crippen LogP contribution in [0.1, 0.15) is 38.5 Å². The van der Waals surface area contributed by atoms with Crippen molar-refractivity contribution in [1.29, 1.82) is 0 Å². The Kier molecular flexibility index (Phi) is 7.23. The molecule has 2 aliphatic rings. The Labute approximate surface area is 149 Å². The van der Waals surface area contributed by atoms with Gasteiger partial charge in [0.25, 0.3) is 0 Å². The average Bonchev–Trinajstić information content (AvgIpc) is 2.93. The zero-order valence-corrected chi connectivity index (χ0v) is 15.4. The number of amides is 2. The molecule has 0 aromatic rings. The molecule has 0 bridgehead atoms. The first kappa shape index (κ1) is 19.7. The monoisotopic (exact) mass is 353 g/mol. The molecule has 7 heteroatoms. The first-order chi connectivity index (χ1) is 11.9. The molecule has 0 aromatic heterocycles. The van der Waals surface area contributed by atoms with Gasteiger partial charge in [-0.2, -0.15) is 0 Å². The predicted molar refractivity (Wildman–Crippen MR) is 94.0 cm³/mol. The summed E-state index contributed by atoms with van der Waals surface area (Å²) in [7, 11) is 4.00. The fraction of sp³-hybridized carbons (Fsp3) is 0.833. The van der Waals surface area contributed by atoms with Crippen LogP contribution in [0.15, 0.2) is 0 Å². The van der Waals surface area contributed by atoms with Gasteiger partial charge in [-0.1, -0.05) is 12.8 Å². The van der Waals surface area contributed by atoms with Crippen molar-refractivity contribution in [2.45, 2.75) is 38.5 Å². The van der Waals surface area contributed by atoms with Crippen molar-refractivity contribution in [3.05, 3.63) is 0 Å². The van der Waals surface area contributed by atoms with Gasteiger partial charge < -0.3 is 20.2 Å². The number of rotatable bonds is 8. The van der Waals surface area contributed by atoms with Crippen LogP contribution in [0.5, 0.6) is 0 Å². The Morgan fingerprint density at radius 2 is 2.00 bits per heavy atom. The van der Waals surface area contributed by atoms with Crippen molar-refractivity contribution in [1.82, 2.24) is 15.1 Å². The van der Waals surface area contributed by atoms with Crippen molar-refractivity contribution < 1.29 is 19.5 Å².